The molecule has 0 bridgehead atoms. The van der Waals surface area contributed by atoms with Gasteiger partial charge in [0.2, 0.25) is 5.85 Å². The highest BCUT2D eigenvalue weighted by atomic mass is 19.4. The third-order valence-electron chi connectivity index (χ3n) is 3.98. The normalized spacial score (nSPS) is 21.6. The molecule has 2 atom stereocenters. The predicted molar refractivity (Wildman–Crippen MR) is 96.0 cm³/mol. The van der Waals surface area contributed by atoms with Crippen LogP contribution >= 0.6 is 0 Å². The van der Waals surface area contributed by atoms with Crippen molar-refractivity contribution in [2.75, 3.05) is 0 Å². The molecule has 3 rings (SSSR count). The number of alkyl halides is 3. The van der Waals surface area contributed by atoms with Crippen LogP contribution in [0.2, 0.25) is 0 Å². The van der Waals surface area contributed by atoms with Gasteiger partial charge in [-0.3, -0.25) is 10.7 Å². The van der Waals surface area contributed by atoms with Crippen molar-refractivity contribution in [2.45, 2.75) is 31.5 Å². The Morgan fingerprint density at radius 3 is 2.55 bits per heavy atom. The fourth-order valence-electron chi connectivity index (χ4n) is 2.74. The summed E-state index contributed by atoms with van der Waals surface area (Å²) < 4.78 is 58.6. The van der Waals surface area contributed by atoms with Gasteiger partial charge < -0.3 is 4.74 Å². The van der Waals surface area contributed by atoms with Crippen LogP contribution in [0.3, 0.4) is 0 Å². The summed E-state index contributed by atoms with van der Waals surface area (Å²) in [5.74, 6) is 2.87. The van der Waals surface area contributed by atoms with Crippen LogP contribution in [-0.2, 0) is 4.74 Å². The van der Waals surface area contributed by atoms with E-state index < -0.39 is 30.4 Å². The Morgan fingerprint density at radius 1 is 1.17 bits per heavy atom. The molecule has 1 aliphatic rings. The largest absolute Gasteiger partial charge is 0.415 e. The summed E-state index contributed by atoms with van der Waals surface area (Å²) in [5.41, 5.74) is 6.50. The maximum Gasteiger partial charge on any atom is 0.415 e. The van der Waals surface area contributed by atoms with Crippen LogP contribution in [0.25, 0.3) is 0 Å². The minimum atomic E-state index is -4.67. The number of aromatic nitrogens is 1. The van der Waals surface area contributed by atoms with Gasteiger partial charge in [0.1, 0.15) is 11.9 Å². The molecule has 29 heavy (non-hydrogen) atoms. The van der Waals surface area contributed by atoms with Crippen molar-refractivity contribution in [3.63, 3.8) is 0 Å². The van der Waals surface area contributed by atoms with Gasteiger partial charge in [0, 0.05) is 35.5 Å². The molecular formula is C20H14F4N4O. The Morgan fingerprint density at radius 2 is 1.86 bits per heavy atom. The van der Waals surface area contributed by atoms with Crippen LogP contribution in [0, 0.1) is 29.0 Å². The van der Waals surface area contributed by atoms with Crippen LogP contribution in [0.1, 0.15) is 35.6 Å². The third kappa shape index (κ3) is 4.96. The number of rotatable bonds is 1. The summed E-state index contributed by atoms with van der Waals surface area (Å²) in [4.78, 5) is 7.81. The molecule has 0 aliphatic carbocycles. The van der Waals surface area contributed by atoms with Gasteiger partial charge in [-0.05, 0) is 31.2 Å². The molecule has 9 heteroatoms. The van der Waals surface area contributed by atoms with Crippen molar-refractivity contribution in [1.82, 2.24) is 4.98 Å². The summed E-state index contributed by atoms with van der Waals surface area (Å²) in [5, 5.41) is 8.89. The number of pyridine rings is 1. The molecular weight excluding hydrogens is 388 g/mol. The molecule has 2 aromatic rings. The van der Waals surface area contributed by atoms with E-state index in [0.29, 0.717) is 16.7 Å². The van der Waals surface area contributed by atoms with Crippen molar-refractivity contribution >= 4 is 5.71 Å². The van der Waals surface area contributed by atoms with Crippen molar-refractivity contribution in [2.24, 2.45) is 10.7 Å². The minimum absolute atomic E-state index is 0.130. The molecule has 0 saturated carbocycles. The highest BCUT2D eigenvalue weighted by Gasteiger charge is 2.47. The first-order valence-corrected chi connectivity index (χ1v) is 8.36. The van der Waals surface area contributed by atoms with E-state index in [1.54, 1.807) is 0 Å². The van der Waals surface area contributed by atoms with E-state index in [-0.39, 0.29) is 11.3 Å². The molecule has 2 heterocycles. The first kappa shape index (κ1) is 20.5. The third-order valence-corrected chi connectivity index (χ3v) is 3.98. The van der Waals surface area contributed by atoms with E-state index in [0.717, 1.165) is 6.07 Å². The first-order valence-electron chi connectivity index (χ1n) is 8.36. The van der Waals surface area contributed by atoms with Crippen molar-refractivity contribution < 1.29 is 22.3 Å². The molecule has 1 aromatic carbocycles. The van der Waals surface area contributed by atoms with Crippen molar-refractivity contribution in [3.05, 3.63) is 64.7 Å². The minimum Gasteiger partial charge on any atom is -0.328 e. The number of halogens is 4. The average molecular weight is 402 g/mol. The van der Waals surface area contributed by atoms with E-state index >= 15 is 0 Å². The van der Waals surface area contributed by atoms with Gasteiger partial charge in [0.15, 0.2) is 6.10 Å². The number of hydrogen-bond acceptors (Lipinski definition) is 5. The van der Waals surface area contributed by atoms with Gasteiger partial charge in [-0.25, -0.2) is 9.38 Å². The number of benzene rings is 1. The zero-order valence-electron chi connectivity index (χ0n) is 15.1. The highest BCUT2D eigenvalue weighted by molar-refractivity contribution is 6.02. The molecule has 2 N–H and O–H groups in total. The quantitative estimate of drug-likeness (QED) is 0.586. The zero-order chi connectivity index (χ0) is 21.2. The fraction of sp³-hybridized carbons (Fsp3) is 0.250. The average Bonchev–Trinajstić information content (AvgIpc) is 2.65. The monoisotopic (exact) mass is 402 g/mol. The Labute approximate surface area is 163 Å². The lowest BCUT2D eigenvalue weighted by Gasteiger charge is -2.34. The molecule has 148 valence electrons. The summed E-state index contributed by atoms with van der Waals surface area (Å²) >= 11 is 0. The molecule has 0 amide bonds. The maximum absolute atomic E-state index is 14.4. The number of aliphatic imine (C=N–C) groups is 1. The number of ether oxygens (including phenoxy) is 1. The Kier molecular flexibility index (Phi) is 5.38. The summed E-state index contributed by atoms with van der Waals surface area (Å²) in [6, 6.07) is 7.25. The molecule has 0 radical (unpaired) electrons. The Bertz CT molecular complexity index is 1070. The number of nitrogens with two attached hydrogens (primary N) is 1. The van der Waals surface area contributed by atoms with Crippen LogP contribution in [-0.4, -0.2) is 28.8 Å². The zero-order valence-corrected chi connectivity index (χ0v) is 15.1. The molecule has 1 aliphatic heterocycles. The van der Waals surface area contributed by atoms with Crippen LogP contribution in [0.5, 0.6) is 0 Å². The lowest BCUT2D eigenvalue weighted by Crippen LogP contribution is -2.50. The molecule has 0 fully saturated rings. The van der Waals surface area contributed by atoms with Gasteiger partial charge in [-0.15, -0.1) is 0 Å². The standard InChI is InChI=1S/C20H14F4N4O/c1-19(26)28-17(8-18(29-19)20(22,23)24)15-7-12(4-5-16(15)21)2-3-13-6-14(9-25)11-27-10-13/h4-7,10-11,18H,8,26H2,1H3/t18-,19-/m0/s1. The maximum atomic E-state index is 14.4. The molecule has 0 spiro atoms. The van der Waals surface area contributed by atoms with Crippen molar-refractivity contribution in [3.8, 4) is 17.9 Å². The van der Waals surface area contributed by atoms with Gasteiger partial charge >= 0.3 is 6.18 Å². The topological polar surface area (TPSA) is 84.3 Å². The van der Waals surface area contributed by atoms with E-state index in [1.165, 1.54) is 37.5 Å². The van der Waals surface area contributed by atoms with Crippen LogP contribution < -0.4 is 5.73 Å². The molecule has 1 aromatic heterocycles. The van der Waals surface area contributed by atoms with E-state index in [1.807, 2.05) is 6.07 Å². The SMILES string of the molecule is C[C@]1(N)N=C(c2cc(C#Cc3cncc(C#N)c3)ccc2F)C[C@@H](C(F)(F)F)O1. The molecule has 0 unspecified atom stereocenters. The lowest BCUT2D eigenvalue weighted by molar-refractivity contribution is -0.250. The molecule has 5 nitrogen and oxygen atoms in total. The summed E-state index contributed by atoms with van der Waals surface area (Å²) in [7, 11) is 0. The summed E-state index contributed by atoms with van der Waals surface area (Å²) in [6.45, 7) is 1.17. The van der Waals surface area contributed by atoms with Gasteiger partial charge in [-0.2, -0.15) is 18.4 Å². The van der Waals surface area contributed by atoms with Gasteiger partial charge in [-0.1, -0.05) is 11.8 Å². The van der Waals surface area contributed by atoms with Crippen molar-refractivity contribution in [1.29, 1.82) is 5.26 Å². The first-order chi connectivity index (χ1) is 13.6. The number of nitrogens with zero attached hydrogens (tertiary/aromatic N) is 3. The van der Waals surface area contributed by atoms with E-state index in [4.69, 9.17) is 15.7 Å². The van der Waals surface area contributed by atoms with E-state index in [2.05, 4.69) is 21.8 Å². The number of hydrogen-bond donors (Lipinski definition) is 1. The number of nitriles is 1. The molecule has 0 saturated heterocycles. The lowest BCUT2D eigenvalue weighted by atomic mass is 9.99. The summed E-state index contributed by atoms with van der Waals surface area (Å²) in [6.07, 6.45) is -4.70. The second-order valence-corrected chi connectivity index (χ2v) is 6.48. The highest BCUT2D eigenvalue weighted by Crippen LogP contribution is 2.33. The fourth-order valence-corrected chi connectivity index (χ4v) is 2.74. The van der Waals surface area contributed by atoms with Gasteiger partial charge in [0.25, 0.3) is 0 Å². The Balaban J connectivity index is 1.97. The second kappa shape index (κ2) is 7.63. The van der Waals surface area contributed by atoms with E-state index in [9.17, 15) is 17.6 Å². The van der Waals surface area contributed by atoms with Crippen LogP contribution in [0.15, 0.2) is 41.7 Å². The predicted octanol–water partition coefficient (Wildman–Crippen LogP) is 3.26. The Hall–Kier alpha value is -3.27. The second-order valence-electron chi connectivity index (χ2n) is 6.48. The van der Waals surface area contributed by atoms with Gasteiger partial charge in [0.05, 0.1) is 11.3 Å². The smallest absolute Gasteiger partial charge is 0.328 e. The van der Waals surface area contributed by atoms with Crippen LogP contribution in [0.4, 0.5) is 17.6 Å².